The van der Waals surface area contributed by atoms with Crippen molar-refractivity contribution in [2.45, 2.75) is 0 Å². The van der Waals surface area contributed by atoms with Gasteiger partial charge in [0.25, 0.3) is 0 Å². The number of fused-ring (bicyclic) bond motifs is 1. The number of carbonyl (C=O) groups excluding carboxylic acids is 1. The minimum Gasteiger partial charge on any atom is -0.496 e. The zero-order chi connectivity index (χ0) is 20.5. The van der Waals surface area contributed by atoms with Crippen LogP contribution in [0.25, 0.3) is 28.2 Å². The van der Waals surface area contributed by atoms with Crippen molar-refractivity contribution in [3.8, 4) is 34.0 Å². The highest BCUT2D eigenvalue weighted by Gasteiger charge is 2.22. The van der Waals surface area contributed by atoms with Crippen molar-refractivity contribution >= 4 is 11.6 Å². The maximum absolute atomic E-state index is 12.1. The Morgan fingerprint density at radius 1 is 1.00 bits per heavy atom. The second kappa shape index (κ2) is 7.31. The lowest BCUT2D eigenvalue weighted by Gasteiger charge is -2.14. The average molecular weight is 392 g/mol. The molecule has 0 bridgehead atoms. The largest absolute Gasteiger partial charge is 0.496 e. The number of aromatic nitrogens is 4. The molecule has 0 fully saturated rings. The first-order valence-electron chi connectivity index (χ1n) is 8.86. The number of hydrogen-bond donors (Lipinski definition) is 0. The Balaban J connectivity index is 1.83. The Labute approximate surface area is 167 Å². The fraction of sp³-hybridized carbons (Fsp3) is 0.190. The van der Waals surface area contributed by atoms with Crippen LogP contribution in [-0.4, -0.2) is 46.2 Å². The Morgan fingerprint density at radius 2 is 1.72 bits per heavy atom. The molecule has 0 spiro atoms. The van der Waals surface area contributed by atoms with E-state index in [1.807, 2.05) is 40.5 Å². The number of benzene rings is 1. The van der Waals surface area contributed by atoms with Gasteiger partial charge in [-0.25, -0.2) is 14.8 Å². The molecule has 148 valence electrons. The van der Waals surface area contributed by atoms with Crippen LogP contribution in [0, 0.1) is 0 Å². The molecule has 8 nitrogen and oxygen atoms in total. The molecule has 0 saturated heterocycles. The number of esters is 1. The van der Waals surface area contributed by atoms with Gasteiger partial charge in [0.2, 0.25) is 0 Å². The number of imidazole rings is 2. The van der Waals surface area contributed by atoms with E-state index in [0.717, 1.165) is 28.2 Å². The molecule has 4 aromatic rings. The molecule has 3 aromatic heterocycles. The van der Waals surface area contributed by atoms with Gasteiger partial charge >= 0.3 is 5.97 Å². The summed E-state index contributed by atoms with van der Waals surface area (Å²) in [6.45, 7) is 0. The monoisotopic (exact) mass is 392 g/mol. The first-order chi connectivity index (χ1) is 14.0. The minimum atomic E-state index is -0.525. The molecule has 3 heterocycles. The summed E-state index contributed by atoms with van der Waals surface area (Å²) in [7, 11) is 6.25. The number of hydrogen-bond acceptors (Lipinski definition) is 6. The minimum absolute atomic E-state index is 0.243. The summed E-state index contributed by atoms with van der Waals surface area (Å²) in [5.74, 6) is 0.209. The second-order valence-electron chi connectivity index (χ2n) is 6.46. The van der Waals surface area contributed by atoms with Crippen molar-refractivity contribution in [2.24, 2.45) is 7.05 Å². The summed E-state index contributed by atoms with van der Waals surface area (Å²) in [4.78, 5) is 21.1. The van der Waals surface area contributed by atoms with Crippen LogP contribution in [0.4, 0.5) is 0 Å². The summed E-state index contributed by atoms with van der Waals surface area (Å²) in [5.41, 5.74) is 4.51. The molecule has 0 aliphatic heterocycles. The molecule has 0 aliphatic carbocycles. The van der Waals surface area contributed by atoms with Crippen LogP contribution in [0.3, 0.4) is 0 Å². The molecule has 0 unspecified atom stereocenters. The third kappa shape index (κ3) is 3.18. The maximum Gasteiger partial charge on any atom is 0.345 e. The van der Waals surface area contributed by atoms with Crippen molar-refractivity contribution in [1.29, 1.82) is 0 Å². The van der Waals surface area contributed by atoms with E-state index in [1.165, 1.54) is 21.3 Å². The summed E-state index contributed by atoms with van der Waals surface area (Å²) in [5, 5.41) is 0. The van der Waals surface area contributed by atoms with Gasteiger partial charge in [0.1, 0.15) is 22.7 Å². The molecule has 8 heteroatoms. The Hall–Kier alpha value is -3.81. The molecule has 0 aliphatic rings. The molecule has 29 heavy (non-hydrogen) atoms. The lowest BCUT2D eigenvalue weighted by molar-refractivity contribution is 0.0593. The van der Waals surface area contributed by atoms with E-state index in [4.69, 9.17) is 14.2 Å². The third-order valence-corrected chi connectivity index (χ3v) is 4.70. The SMILES string of the molecule is COC(=O)c1c(OC)cc(-c2cnc3cc(-c4cn(C)cn4)ccn23)cc1OC. The van der Waals surface area contributed by atoms with Crippen LogP contribution >= 0.6 is 0 Å². The lowest BCUT2D eigenvalue weighted by Crippen LogP contribution is -2.07. The van der Waals surface area contributed by atoms with E-state index in [-0.39, 0.29) is 5.56 Å². The first kappa shape index (κ1) is 18.5. The number of pyridine rings is 1. The summed E-state index contributed by atoms with van der Waals surface area (Å²) < 4.78 is 19.6. The smallest absolute Gasteiger partial charge is 0.345 e. The van der Waals surface area contributed by atoms with Crippen LogP contribution in [0.5, 0.6) is 11.5 Å². The Morgan fingerprint density at radius 3 is 2.31 bits per heavy atom. The number of rotatable bonds is 5. The fourth-order valence-electron chi connectivity index (χ4n) is 3.28. The van der Waals surface area contributed by atoms with Crippen LogP contribution in [-0.2, 0) is 11.8 Å². The highest BCUT2D eigenvalue weighted by molar-refractivity contribution is 5.96. The molecule has 0 atom stereocenters. The van der Waals surface area contributed by atoms with Gasteiger partial charge in [-0.15, -0.1) is 0 Å². The number of methoxy groups -OCH3 is 3. The standard InChI is InChI=1S/C21H20N4O4/c1-24-11-15(23-12-24)13-5-6-25-16(10-22-19(25)9-13)14-7-17(27-2)20(21(26)29-4)18(8-14)28-3/h5-12H,1-4H3. The molecule has 0 saturated carbocycles. The normalized spacial score (nSPS) is 10.9. The average Bonchev–Trinajstić information content (AvgIpc) is 3.37. The third-order valence-electron chi connectivity index (χ3n) is 4.70. The topological polar surface area (TPSA) is 79.9 Å². The number of nitrogens with zero attached hydrogens (tertiary/aromatic N) is 4. The maximum atomic E-state index is 12.1. The van der Waals surface area contributed by atoms with Crippen molar-refractivity contribution < 1.29 is 19.0 Å². The zero-order valence-corrected chi connectivity index (χ0v) is 16.5. The molecule has 0 amide bonds. The Kier molecular flexibility index (Phi) is 4.67. The molecular formula is C21H20N4O4. The van der Waals surface area contributed by atoms with Crippen LogP contribution in [0.2, 0.25) is 0 Å². The van der Waals surface area contributed by atoms with Crippen LogP contribution < -0.4 is 9.47 Å². The van der Waals surface area contributed by atoms with Gasteiger partial charge in [0, 0.05) is 30.6 Å². The molecule has 4 rings (SSSR count). The van der Waals surface area contributed by atoms with E-state index in [0.29, 0.717) is 11.5 Å². The predicted octanol–water partition coefficient (Wildman–Crippen LogP) is 3.21. The van der Waals surface area contributed by atoms with Gasteiger partial charge in [-0.05, 0) is 24.3 Å². The number of aryl methyl sites for hydroxylation is 1. The number of carbonyl (C=O) groups is 1. The lowest BCUT2D eigenvalue weighted by atomic mass is 10.1. The van der Waals surface area contributed by atoms with Gasteiger partial charge in [-0.1, -0.05) is 0 Å². The predicted molar refractivity (Wildman–Crippen MR) is 107 cm³/mol. The van der Waals surface area contributed by atoms with Crippen LogP contribution in [0.15, 0.2) is 49.2 Å². The van der Waals surface area contributed by atoms with Crippen LogP contribution in [0.1, 0.15) is 10.4 Å². The van der Waals surface area contributed by atoms with E-state index < -0.39 is 5.97 Å². The van der Waals surface area contributed by atoms with Gasteiger partial charge in [0.15, 0.2) is 0 Å². The highest BCUT2D eigenvalue weighted by atomic mass is 16.5. The molecule has 1 aromatic carbocycles. The van der Waals surface area contributed by atoms with Crippen molar-refractivity contribution in [3.05, 3.63) is 54.7 Å². The molecule has 0 N–H and O–H groups in total. The van der Waals surface area contributed by atoms with Gasteiger partial charge in [-0.3, -0.25) is 4.40 Å². The van der Waals surface area contributed by atoms with E-state index in [2.05, 4.69) is 9.97 Å². The first-order valence-corrected chi connectivity index (χ1v) is 8.86. The molecular weight excluding hydrogens is 372 g/mol. The van der Waals surface area contributed by atoms with Gasteiger partial charge in [0.05, 0.1) is 45.2 Å². The van der Waals surface area contributed by atoms with Crippen molar-refractivity contribution in [1.82, 2.24) is 18.9 Å². The zero-order valence-electron chi connectivity index (χ0n) is 16.5. The molecule has 0 radical (unpaired) electrons. The van der Waals surface area contributed by atoms with Crippen molar-refractivity contribution in [3.63, 3.8) is 0 Å². The van der Waals surface area contributed by atoms with E-state index >= 15 is 0 Å². The quantitative estimate of drug-likeness (QED) is 0.485. The Bertz CT molecular complexity index is 1180. The summed E-state index contributed by atoms with van der Waals surface area (Å²) in [6.07, 6.45) is 7.42. The van der Waals surface area contributed by atoms with E-state index in [1.54, 1.807) is 24.7 Å². The summed E-state index contributed by atoms with van der Waals surface area (Å²) in [6, 6.07) is 7.50. The van der Waals surface area contributed by atoms with Crippen molar-refractivity contribution in [2.75, 3.05) is 21.3 Å². The van der Waals surface area contributed by atoms with E-state index in [9.17, 15) is 4.79 Å². The van der Waals surface area contributed by atoms with Gasteiger partial charge < -0.3 is 18.8 Å². The number of ether oxygens (including phenoxy) is 3. The van der Waals surface area contributed by atoms with Gasteiger partial charge in [-0.2, -0.15) is 0 Å². The highest BCUT2D eigenvalue weighted by Crippen LogP contribution is 2.36. The summed E-state index contributed by atoms with van der Waals surface area (Å²) >= 11 is 0. The fourth-order valence-corrected chi connectivity index (χ4v) is 3.28. The second-order valence-corrected chi connectivity index (χ2v) is 6.46.